The number of hydrogen-bond acceptors (Lipinski definition) is 6. The zero-order valence-electron chi connectivity index (χ0n) is 25.7. The second-order valence-corrected chi connectivity index (χ2v) is 14.5. The van der Waals surface area contributed by atoms with Gasteiger partial charge in [-0.25, -0.2) is 30.4 Å². The summed E-state index contributed by atoms with van der Waals surface area (Å²) in [4.78, 5) is 5.79. The van der Waals surface area contributed by atoms with Crippen LogP contribution in [0.4, 0.5) is 33.3 Å². The van der Waals surface area contributed by atoms with Gasteiger partial charge in [-0.15, -0.1) is 0 Å². The predicted octanol–water partition coefficient (Wildman–Crippen LogP) is 7.38. The maximum Gasteiger partial charge on any atom is 0.200 e. The summed E-state index contributed by atoms with van der Waals surface area (Å²) in [7, 11) is 2.33. The summed E-state index contributed by atoms with van der Waals surface area (Å²) in [5.41, 5.74) is 2.21. The molecule has 6 nitrogen and oxygen atoms in total. The molecular weight excluding hydrogens is 635 g/mol. The molecule has 45 heavy (non-hydrogen) atoms. The van der Waals surface area contributed by atoms with Gasteiger partial charge in [0.05, 0.1) is 10.9 Å². The van der Waals surface area contributed by atoms with Crippen molar-refractivity contribution in [2.45, 2.75) is 46.0 Å². The van der Waals surface area contributed by atoms with Crippen LogP contribution in [-0.4, -0.2) is 46.8 Å². The molecule has 0 heterocycles. The van der Waals surface area contributed by atoms with Crippen LogP contribution in [0.5, 0.6) is 5.75 Å². The molecule has 0 radical (unpaired) electrons. The number of benzene rings is 4. The number of anilines is 2. The van der Waals surface area contributed by atoms with Crippen LogP contribution in [0, 0.1) is 29.1 Å². The van der Waals surface area contributed by atoms with E-state index in [2.05, 4.69) is 132 Å². The van der Waals surface area contributed by atoms with Gasteiger partial charge < -0.3 is 19.1 Å². The Morgan fingerprint density at radius 2 is 0.911 bits per heavy atom. The maximum atomic E-state index is 12.6. The van der Waals surface area contributed by atoms with Crippen molar-refractivity contribution in [1.29, 1.82) is 0 Å². The molecule has 4 rings (SSSR count). The SMILES string of the molecule is CN(C)c1ccc([S+](c2ccc(OC(C)(C)C)cc2)c2ccc(N(C)C)cc2)cc1.O=S(=O)([O-])c1c(F)c(F)c(F)c(F)c1F. The molecule has 0 bridgehead atoms. The smallest absolute Gasteiger partial charge is 0.200 e. The van der Waals surface area contributed by atoms with Crippen LogP contribution in [0.2, 0.25) is 0 Å². The first-order valence-electron chi connectivity index (χ1n) is 13.4. The van der Waals surface area contributed by atoms with Gasteiger partial charge in [0.25, 0.3) is 0 Å². The Labute approximate surface area is 263 Å². The van der Waals surface area contributed by atoms with E-state index in [0.717, 1.165) is 5.75 Å². The van der Waals surface area contributed by atoms with E-state index in [-0.39, 0.29) is 16.5 Å². The molecule has 0 spiro atoms. The van der Waals surface area contributed by atoms with E-state index < -0.39 is 44.1 Å². The fraction of sp³-hybridized carbons (Fsp3) is 0.250. The summed E-state index contributed by atoms with van der Waals surface area (Å²) in [5, 5.41) is 0. The number of ether oxygens (including phenoxy) is 1. The van der Waals surface area contributed by atoms with Gasteiger partial charge in [-0.1, -0.05) is 0 Å². The second kappa shape index (κ2) is 14.1. The minimum Gasteiger partial charge on any atom is -0.744 e. The zero-order chi connectivity index (χ0) is 33.9. The molecule has 0 saturated heterocycles. The van der Waals surface area contributed by atoms with Crippen molar-refractivity contribution in [3.8, 4) is 5.75 Å². The van der Waals surface area contributed by atoms with E-state index in [4.69, 9.17) is 4.74 Å². The summed E-state index contributed by atoms with van der Waals surface area (Å²) in [6.45, 7) is 6.22. The Bertz CT molecular complexity index is 1650. The first-order chi connectivity index (χ1) is 20.8. The quantitative estimate of drug-likeness (QED) is 0.0673. The lowest BCUT2D eigenvalue weighted by atomic mass is 10.2. The third-order valence-electron chi connectivity index (χ3n) is 6.08. The van der Waals surface area contributed by atoms with E-state index in [1.807, 2.05) is 0 Å². The molecule has 0 saturated carbocycles. The molecule has 0 N–H and O–H groups in total. The van der Waals surface area contributed by atoms with Crippen LogP contribution in [-0.2, 0) is 21.0 Å². The third kappa shape index (κ3) is 8.89. The van der Waals surface area contributed by atoms with Gasteiger partial charge in [0, 0.05) is 39.6 Å². The monoisotopic (exact) mass is 668 g/mol. The average molecular weight is 669 g/mol. The molecule has 4 aromatic carbocycles. The molecule has 13 heteroatoms. The van der Waals surface area contributed by atoms with E-state index in [0.29, 0.717) is 0 Å². The minimum atomic E-state index is -5.77. The predicted molar refractivity (Wildman–Crippen MR) is 165 cm³/mol. The van der Waals surface area contributed by atoms with Crippen LogP contribution >= 0.6 is 0 Å². The summed E-state index contributed by atoms with van der Waals surface area (Å²) in [6, 6.07) is 26.3. The van der Waals surface area contributed by atoms with Crippen LogP contribution < -0.4 is 14.5 Å². The average Bonchev–Trinajstić information content (AvgIpc) is 2.95. The molecule has 0 unspecified atom stereocenters. The second-order valence-electron chi connectivity index (χ2n) is 11.1. The van der Waals surface area contributed by atoms with Crippen molar-refractivity contribution in [3.05, 3.63) is 102 Å². The summed E-state index contributed by atoms with van der Waals surface area (Å²) in [5.74, 6) is -11.9. The Hall–Kier alpha value is -3.81. The van der Waals surface area contributed by atoms with Crippen molar-refractivity contribution in [2.75, 3.05) is 38.0 Å². The highest BCUT2D eigenvalue weighted by molar-refractivity contribution is 7.97. The van der Waals surface area contributed by atoms with E-state index in [9.17, 15) is 34.9 Å². The molecule has 0 aliphatic carbocycles. The van der Waals surface area contributed by atoms with Gasteiger partial charge in [0.15, 0.2) is 38.0 Å². The number of rotatable bonds is 7. The number of halogens is 5. The maximum absolute atomic E-state index is 12.6. The standard InChI is InChI=1S/C26H33N2OS.C6HF5O3S/c1-26(2,3)29-22-12-18-25(19-13-22)30(23-14-8-20(9-15-23)27(4)5)24-16-10-21(11-17-24)28(6)7;7-1-2(8)4(10)6(15(12,13)14)5(11)3(1)9/h8-19H,1-7H3;(H,12,13,14)/q+1;/p-1. The lowest BCUT2D eigenvalue weighted by Gasteiger charge is -2.21. The molecule has 0 fully saturated rings. The van der Waals surface area contributed by atoms with Gasteiger partial charge in [-0.3, -0.25) is 0 Å². The number of nitrogens with zero attached hydrogens (tertiary/aromatic N) is 2. The van der Waals surface area contributed by atoms with E-state index in [1.54, 1.807) is 0 Å². The van der Waals surface area contributed by atoms with Gasteiger partial charge in [0.2, 0.25) is 5.82 Å². The van der Waals surface area contributed by atoms with Crippen LogP contribution in [0.1, 0.15) is 20.8 Å². The van der Waals surface area contributed by atoms with Crippen molar-refractivity contribution >= 4 is 32.4 Å². The number of hydrogen-bond donors (Lipinski definition) is 0. The summed E-state index contributed by atoms with van der Waals surface area (Å²) < 4.78 is 98.9. The van der Waals surface area contributed by atoms with Gasteiger partial charge in [-0.05, 0) is 93.6 Å². The van der Waals surface area contributed by atoms with Crippen molar-refractivity contribution < 1.29 is 39.7 Å². The topological polar surface area (TPSA) is 72.9 Å². The molecule has 0 amide bonds. The van der Waals surface area contributed by atoms with Crippen LogP contribution in [0.3, 0.4) is 0 Å². The normalized spacial score (nSPS) is 11.6. The Kier molecular flexibility index (Phi) is 11.2. The molecular formula is C32H33F5N2O4S2. The molecule has 0 aromatic heterocycles. The third-order valence-corrected chi connectivity index (χ3v) is 9.17. The first-order valence-corrected chi connectivity index (χ1v) is 16.0. The van der Waals surface area contributed by atoms with Crippen molar-refractivity contribution in [1.82, 2.24) is 0 Å². The van der Waals surface area contributed by atoms with Crippen molar-refractivity contribution in [3.63, 3.8) is 0 Å². The van der Waals surface area contributed by atoms with Crippen LogP contribution in [0.25, 0.3) is 0 Å². The highest BCUT2D eigenvalue weighted by Gasteiger charge is 2.30. The minimum absolute atomic E-state index is 0.182. The molecule has 242 valence electrons. The lowest BCUT2D eigenvalue weighted by molar-refractivity contribution is 0.131. The first kappa shape index (κ1) is 35.7. The van der Waals surface area contributed by atoms with E-state index in [1.165, 1.54) is 26.1 Å². The van der Waals surface area contributed by atoms with Gasteiger partial charge in [0.1, 0.15) is 26.4 Å². The summed E-state index contributed by atoms with van der Waals surface area (Å²) >= 11 is 0. The zero-order valence-corrected chi connectivity index (χ0v) is 27.3. The highest BCUT2D eigenvalue weighted by Crippen LogP contribution is 2.34. The highest BCUT2D eigenvalue weighted by atomic mass is 32.2. The molecule has 4 aromatic rings. The molecule has 0 aliphatic heterocycles. The molecule has 0 atom stereocenters. The fourth-order valence-corrected chi connectivity index (χ4v) is 6.63. The van der Waals surface area contributed by atoms with Gasteiger partial charge in [-0.2, -0.15) is 0 Å². The van der Waals surface area contributed by atoms with Crippen molar-refractivity contribution in [2.24, 2.45) is 0 Å². The van der Waals surface area contributed by atoms with Gasteiger partial charge >= 0.3 is 0 Å². The fourth-order valence-electron chi connectivity index (χ4n) is 3.97. The Morgan fingerprint density at radius 1 is 0.600 bits per heavy atom. The van der Waals surface area contributed by atoms with E-state index >= 15 is 0 Å². The summed E-state index contributed by atoms with van der Waals surface area (Å²) in [6.07, 6.45) is 0. The largest absolute Gasteiger partial charge is 0.744 e. The van der Waals surface area contributed by atoms with Crippen LogP contribution in [0.15, 0.2) is 92.4 Å². The lowest BCUT2D eigenvalue weighted by Crippen LogP contribution is -2.22. The molecule has 0 aliphatic rings. The Morgan fingerprint density at radius 3 is 1.20 bits per heavy atom. The Balaban J connectivity index is 0.000000309.